The van der Waals surface area contributed by atoms with Gasteiger partial charge < -0.3 is 0 Å². The van der Waals surface area contributed by atoms with Gasteiger partial charge >= 0.3 is 6.18 Å². The van der Waals surface area contributed by atoms with Crippen molar-refractivity contribution < 1.29 is 13.2 Å². The number of unbranched alkanes of at least 4 members (excludes halogenated alkanes) is 1. The predicted octanol–water partition coefficient (Wildman–Crippen LogP) is 7.93. The molecule has 0 unspecified atom stereocenters. The number of halogens is 3. The Kier molecular flexibility index (Phi) is 5.58. The number of alkyl halides is 3. The zero-order chi connectivity index (χ0) is 21.1. The maximum atomic E-state index is 13.8. The molecule has 4 rings (SSSR count). The molecule has 4 aromatic rings. The van der Waals surface area contributed by atoms with Crippen LogP contribution in [0.4, 0.5) is 13.2 Å². The highest BCUT2D eigenvalue weighted by atomic mass is 19.4. The average molecular weight is 405 g/mol. The Morgan fingerprint density at radius 2 is 1.57 bits per heavy atom. The quantitative estimate of drug-likeness (QED) is 0.328. The van der Waals surface area contributed by atoms with E-state index in [4.69, 9.17) is 0 Å². The molecule has 3 aromatic carbocycles. The van der Waals surface area contributed by atoms with Crippen molar-refractivity contribution in [3.63, 3.8) is 0 Å². The Labute approximate surface area is 174 Å². The minimum Gasteiger partial charge on any atom is -0.256 e. The highest BCUT2D eigenvalue weighted by molar-refractivity contribution is 5.95. The Morgan fingerprint density at radius 1 is 0.833 bits per heavy atom. The highest BCUT2D eigenvalue weighted by Gasteiger charge is 2.33. The number of aromatic nitrogens is 1. The van der Waals surface area contributed by atoms with E-state index in [1.807, 2.05) is 42.5 Å². The summed E-state index contributed by atoms with van der Waals surface area (Å²) in [5, 5.41) is 1.92. The number of fused-ring (bicyclic) bond motifs is 1. The van der Waals surface area contributed by atoms with Gasteiger partial charge in [-0.25, -0.2) is 0 Å². The van der Waals surface area contributed by atoms with Crippen molar-refractivity contribution in [2.24, 2.45) is 0 Å². The molecule has 0 bridgehead atoms. The van der Waals surface area contributed by atoms with Crippen molar-refractivity contribution in [3.05, 3.63) is 90.1 Å². The van der Waals surface area contributed by atoms with E-state index in [2.05, 4.69) is 11.9 Å². The molecule has 0 aliphatic rings. The lowest BCUT2D eigenvalue weighted by Crippen LogP contribution is -2.07. The molecule has 0 radical (unpaired) electrons. The number of rotatable bonds is 5. The van der Waals surface area contributed by atoms with Crippen LogP contribution in [-0.2, 0) is 12.6 Å². The van der Waals surface area contributed by atoms with Gasteiger partial charge in [-0.2, -0.15) is 13.2 Å². The van der Waals surface area contributed by atoms with E-state index < -0.39 is 11.7 Å². The second-order valence-corrected chi connectivity index (χ2v) is 7.44. The van der Waals surface area contributed by atoms with Crippen molar-refractivity contribution >= 4 is 10.8 Å². The summed E-state index contributed by atoms with van der Waals surface area (Å²) in [4.78, 5) is 4.47. The number of nitrogens with zero attached hydrogens (tertiary/aromatic N) is 1. The highest BCUT2D eigenvalue weighted by Crippen LogP contribution is 2.40. The van der Waals surface area contributed by atoms with Crippen LogP contribution in [0.2, 0.25) is 0 Å². The second-order valence-electron chi connectivity index (χ2n) is 7.44. The number of benzene rings is 3. The summed E-state index contributed by atoms with van der Waals surface area (Å²) in [5.41, 5.74) is 2.60. The lowest BCUT2D eigenvalue weighted by Gasteiger charge is -2.16. The molecule has 0 atom stereocenters. The van der Waals surface area contributed by atoms with E-state index in [1.165, 1.54) is 12.1 Å². The molecule has 1 heterocycles. The molecular weight excluding hydrogens is 383 g/mol. The SMILES string of the molecule is CCCCc1ccc(-c2cc(-c3nccc4ccccc34)ccc2C(F)(F)F)cc1. The van der Waals surface area contributed by atoms with Crippen LogP contribution in [0.5, 0.6) is 0 Å². The van der Waals surface area contributed by atoms with Crippen molar-refractivity contribution in [2.75, 3.05) is 0 Å². The summed E-state index contributed by atoms with van der Waals surface area (Å²) in [7, 11) is 0. The molecule has 0 spiro atoms. The van der Waals surface area contributed by atoms with Gasteiger partial charge in [0.2, 0.25) is 0 Å². The summed E-state index contributed by atoms with van der Waals surface area (Å²) in [5.74, 6) is 0. The second kappa shape index (κ2) is 8.31. The molecule has 0 saturated heterocycles. The minimum absolute atomic E-state index is 0.178. The van der Waals surface area contributed by atoms with Crippen LogP contribution in [0, 0.1) is 0 Å². The van der Waals surface area contributed by atoms with Crippen LogP contribution in [0.1, 0.15) is 30.9 Å². The Hall–Kier alpha value is -3.14. The summed E-state index contributed by atoms with van der Waals surface area (Å²) in [6.45, 7) is 2.12. The topological polar surface area (TPSA) is 12.9 Å². The molecule has 0 amide bonds. The van der Waals surface area contributed by atoms with E-state index >= 15 is 0 Å². The van der Waals surface area contributed by atoms with Gasteiger partial charge in [0, 0.05) is 17.1 Å². The fourth-order valence-electron chi connectivity index (χ4n) is 3.76. The molecule has 4 heteroatoms. The molecule has 0 saturated carbocycles. The maximum Gasteiger partial charge on any atom is 0.417 e. The summed E-state index contributed by atoms with van der Waals surface area (Å²) >= 11 is 0. The summed E-state index contributed by atoms with van der Waals surface area (Å²) in [6.07, 6.45) is 0.344. The fourth-order valence-corrected chi connectivity index (χ4v) is 3.76. The molecule has 152 valence electrons. The first-order valence-electron chi connectivity index (χ1n) is 10.1. The van der Waals surface area contributed by atoms with Gasteiger partial charge in [-0.1, -0.05) is 67.9 Å². The lowest BCUT2D eigenvalue weighted by atomic mass is 9.93. The number of hydrogen-bond acceptors (Lipinski definition) is 1. The van der Waals surface area contributed by atoms with Gasteiger partial charge in [0.25, 0.3) is 0 Å². The number of hydrogen-bond donors (Lipinski definition) is 0. The minimum atomic E-state index is -4.43. The molecule has 0 aliphatic carbocycles. The van der Waals surface area contributed by atoms with Crippen LogP contribution in [-0.4, -0.2) is 4.98 Å². The van der Waals surface area contributed by atoms with E-state index in [9.17, 15) is 13.2 Å². The zero-order valence-corrected chi connectivity index (χ0v) is 16.7. The Bertz CT molecular complexity index is 1160. The first kappa shape index (κ1) is 20.1. The molecule has 30 heavy (non-hydrogen) atoms. The standard InChI is InChI=1S/C26H22F3N/c1-2-3-6-18-9-11-20(12-10-18)23-17-21(13-14-24(23)26(27,28)29)25-22-8-5-4-7-19(22)15-16-30-25/h4-5,7-17H,2-3,6H2,1H3. The van der Waals surface area contributed by atoms with Crippen LogP contribution in [0.15, 0.2) is 79.0 Å². The van der Waals surface area contributed by atoms with E-state index in [0.717, 1.165) is 35.6 Å². The van der Waals surface area contributed by atoms with Crippen molar-refractivity contribution in [2.45, 2.75) is 32.4 Å². The van der Waals surface area contributed by atoms with Crippen LogP contribution in [0.3, 0.4) is 0 Å². The Morgan fingerprint density at radius 3 is 2.30 bits per heavy atom. The molecule has 0 aliphatic heterocycles. The van der Waals surface area contributed by atoms with Gasteiger partial charge in [-0.15, -0.1) is 0 Å². The zero-order valence-electron chi connectivity index (χ0n) is 16.7. The molecular formula is C26H22F3N. The monoisotopic (exact) mass is 405 g/mol. The third-order valence-corrected chi connectivity index (χ3v) is 5.36. The third-order valence-electron chi connectivity index (χ3n) is 5.36. The molecule has 1 nitrogen and oxygen atoms in total. The van der Waals surface area contributed by atoms with Gasteiger partial charge in [-0.3, -0.25) is 4.98 Å². The van der Waals surface area contributed by atoms with Gasteiger partial charge in [-0.05, 0) is 53.1 Å². The predicted molar refractivity (Wildman–Crippen MR) is 116 cm³/mol. The van der Waals surface area contributed by atoms with Gasteiger partial charge in [0.05, 0.1) is 11.3 Å². The van der Waals surface area contributed by atoms with Crippen molar-refractivity contribution in [3.8, 4) is 22.4 Å². The fraction of sp³-hybridized carbons (Fsp3) is 0.192. The van der Waals surface area contributed by atoms with Crippen molar-refractivity contribution in [1.82, 2.24) is 4.98 Å². The molecule has 0 fully saturated rings. The van der Waals surface area contributed by atoms with E-state index in [-0.39, 0.29) is 5.56 Å². The Balaban J connectivity index is 1.84. The van der Waals surface area contributed by atoms with Crippen molar-refractivity contribution in [1.29, 1.82) is 0 Å². The first-order valence-corrected chi connectivity index (χ1v) is 10.1. The normalized spacial score (nSPS) is 11.7. The van der Waals surface area contributed by atoms with Crippen LogP contribution in [0.25, 0.3) is 33.2 Å². The average Bonchev–Trinajstić information content (AvgIpc) is 2.76. The number of pyridine rings is 1. The van der Waals surface area contributed by atoms with E-state index in [1.54, 1.807) is 24.4 Å². The van der Waals surface area contributed by atoms with Crippen LogP contribution >= 0.6 is 0 Å². The van der Waals surface area contributed by atoms with Gasteiger partial charge in [0.15, 0.2) is 0 Å². The summed E-state index contributed by atoms with van der Waals surface area (Å²) < 4.78 is 41.3. The third kappa shape index (κ3) is 4.09. The number of aryl methyl sites for hydroxylation is 1. The largest absolute Gasteiger partial charge is 0.417 e. The van der Waals surface area contributed by atoms with Crippen LogP contribution < -0.4 is 0 Å². The molecule has 0 N–H and O–H groups in total. The summed E-state index contributed by atoms with van der Waals surface area (Å²) in [6, 6.07) is 21.4. The maximum absolute atomic E-state index is 13.8. The molecule has 1 aromatic heterocycles. The van der Waals surface area contributed by atoms with Gasteiger partial charge in [0.1, 0.15) is 0 Å². The van der Waals surface area contributed by atoms with E-state index in [0.29, 0.717) is 16.8 Å². The lowest BCUT2D eigenvalue weighted by molar-refractivity contribution is -0.137. The smallest absolute Gasteiger partial charge is 0.256 e. The first-order chi connectivity index (χ1) is 14.5.